The van der Waals surface area contributed by atoms with Gasteiger partial charge in [-0.05, 0) is 42.9 Å². The molecule has 0 saturated heterocycles. The minimum atomic E-state index is -0.325. The van der Waals surface area contributed by atoms with Gasteiger partial charge in [0.25, 0.3) is 0 Å². The zero-order valence-electron chi connectivity index (χ0n) is 9.19. The van der Waals surface area contributed by atoms with Gasteiger partial charge in [-0.2, -0.15) is 0 Å². The average molecular weight is 182 g/mol. The van der Waals surface area contributed by atoms with E-state index in [0.717, 1.165) is 19.3 Å². The van der Waals surface area contributed by atoms with Gasteiger partial charge in [0.2, 0.25) is 0 Å². The van der Waals surface area contributed by atoms with Crippen molar-refractivity contribution in [3.8, 4) is 0 Å². The Labute approximate surface area is 81.5 Å². The van der Waals surface area contributed by atoms with Crippen LogP contribution in [0.3, 0.4) is 0 Å². The van der Waals surface area contributed by atoms with E-state index in [1.165, 1.54) is 19.3 Å². The number of hydrogen-bond donors (Lipinski definition) is 1. The molecule has 0 spiro atoms. The SMILES string of the molecule is CC1(C)CC2(C)CCCC(O)(C1)C2. The first-order valence-corrected chi connectivity index (χ1v) is 5.55. The molecule has 0 amide bonds. The van der Waals surface area contributed by atoms with Crippen LogP contribution in [-0.4, -0.2) is 10.7 Å². The summed E-state index contributed by atoms with van der Waals surface area (Å²) < 4.78 is 0. The predicted octanol–water partition coefficient (Wildman–Crippen LogP) is 3.12. The van der Waals surface area contributed by atoms with Crippen molar-refractivity contribution < 1.29 is 5.11 Å². The molecule has 2 rings (SSSR count). The van der Waals surface area contributed by atoms with E-state index < -0.39 is 0 Å². The molecule has 2 aliphatic carbocycles. The zero-order valence-corrected chi connectivity index (χ0v) is 9.19. The van der Waals surface area contributed by atoms with E-state index >= 15 is 0 Å². The third-order valence-electron chi connectivity index (χ3n) is 3.89. The van der Waals surface area contributed by atoms with Crippen molar-refractivity contribution in [3.63, 3.8) is 0 Å². The van der Waals surface area contributed by atoms with Gasteiger partial charge in [0.1, 0.15) is 0 Å². The highest BCUT2D eigenvalue weighted by Crippen LogP contribution is 2.56. The first kappa shape index (κ1) is 9.51. The van der Waals surface area contributed by atoms with Crippen LogP contribution in [-0.2, 0) is 0 Å². The molecule has 76 valence electrons. The maximum Gasteiger partial charge on any atom is 0.0658 e. The second-order valence-electron chi connectivity index (χ2n) is 6.58. The van der Waals surface area contributed by atoms with Crippen molar-refractivity contribution in [2.75, 3.05) is 0 Å². The Kier molecular flexibility index (Phi) is 1.83. The number of aliphatic hydroxyl groups is 1. The Hall–Kier alpha value is -0.0400. The van der Waals surface area contributed by atoms with Gasteiger partial charge in [0.05, 0.1) is 5.60 Å². The van der Waals surface area contributed by atoms with Crippen molar-refractivity contribution in [2.45, 2.75) is 64.9 Å². The van der Waals surface area contributed by atoms with Crippen LogP contribution in [0.1, 0.15) is 59.3 Å². The topological polar surface area (TPSA) is 20.2 Å². The summed E-state index contributed by atoms with van der Waals surface area (Å²) in [5.74, 6) is 0. The third-order valence-corrected chi connectivity index (χ3v) is 3.89. The zero-order chi connectivity index (χ0) is 9.74. The summed E-state index contributed by atoms with van der Waals surface area (Å²) >= 11 is 0. The fourth-order valence-electron chi connectivity index (χ4n) is 4.23. The largest absolute Gasteiger partial charge is 0.390 e. The molecule has 0 aromatic heterocycles. The maximum atomic E-state index is 10.4. The van der Waals surface area contributed by atoms with Crippen molar-refractivity contribution in [3.05, 3.63) is 0 Å². The molecular weight excluding hydrogens is 160 g/mol. The predicted molar refractivity (Wildman–Crippen MR) is 54.5 cm³/mol. The van der Waals surface area contributed by atoms with E-state index in [1.807, 2.05) is 0 Å². The maximum absolute atomic E-state index is 10.4. The molecule has 2 bridgehead atoms. The minimum absolute atomic E-state index is 0.325. The van der Waals surface area contributed by atoms with E-state index in [1.54, 1.807) is 0 Å². The van der Waals surface area contributed by atoms with Gasteiger partial charge in [0, 0.05) is 0 Å². The third kappa shape index (κ3) is 1.76. The molecule has 1 heteroatoms. The van der Waals surface area contributed by atoms with Crippen LogP contribution in [0.2, 0.25) is 0 Å². The van der Waals surface area contributed by atoms with Gasteiger partial charge in [-0.25, -0.2) is 0 Å². The van der Waals surface area contributed by atoms with Crippen LogP contribution in [0.25, 0.3) is 0 Å². The minimum Gasteiger partial charge on any atom is -0.390 e. The molecule has 0 radical (unpaired) electrons. The molecule has 2 atom stereocenters. The Morgan fingerprint density at radius 1 is 0.923 bits per heavy atom. The average Bonchev–Trinajstić information content (AvgIpc) is 1.76. The standard InChI is InChI=1S/C12H22O/c1-10(2)7-11(3)5-4-6-12(13,8-10)9-11/h13H,4-9H2,1-3H3. The van der Waals surface area contributed by atoms with Gasteiger partial charge in [-0.1, -0.05) is 27.2 Å². The van der Waals surface area contributed by atoms with E-state index in [0.29, 0.717) is 10.8 Å². The molecule has 2 saturated carbocycles. The number of hydrogen-bond acceptors (Lipinski definition) is 1. The van der Waals surface area contributed by atoms with Gasteiger partial charge in [-0.15, -0.1) is 0 Å². The van der Waals surface area contributed by atoms with Crippen LogP contribution >= 0.6 is 0 Å². The summed E-state index contributed by atoms with van der Waals surface area (Å²) in [5, 5.41) is 10.4. The first-order valence-electron chi connectivity index (χ1n) is 5.55. The van der Waals surface area contributed by atoms with Gasteiger partial charge in [0.15, 0.2) is 0 Å². The lowest BCUT2D eigenvalue weighted by Crippen LogP contribution is -2.49. The molecule has 0 aliphatic heterocycles. The molecule has 2 fully saturated rings. The smallest absolute Gasteiger partial charge is 0.0658 e. The van der Waals surface area contributed by atoms with Crippen LogP contribution in [0.15, 0.2) is 0 Å². The van der Waals surface area contributed by atoms with Crippen LogP contribution in [0, 0.1) is 10.8 Å². The molecule has 0 aromatic carbocycles. The van der Waals surface area contributed by atoms with E-state index in [9.17, 15) is 5.11 Å². The highest BCUT2D eigenvalue weighted by Gasteiger charge is 2.50. The van der Waals surface area contributed by atoms with E-state index in [-0.39, 0.29) is 5.60 Å². The van der Waals surface area contributed by atoms with Gasteiger partial charge >= 0.3 is 0 Å². The summed E-state index contributed by atoms with van der Waals surface area (Å²) in [7, 11) is 0. The first-order chi connectivity index (χ1) is 5.83. The lowest BCUT2D eigenvalue weighted by molar-refractivity contribution is -0.122. The van der Waals surface area contributed by atoms with Gasteiger partial charge < -0.3 is 5.11 Å². The second-order valence-corrected chi connectivity index (χ2v) is 6.58. The summed E-state index contributed by atoms with van der Waals surface area (Å²) in [6.45, 7) is 6.97. The highest BCUT2D eigenvalue weighted by atomic mass is 16.3. The second kappa shape index (κ2) is 2.50. The number of rotatable bonds is 0. The molecule has 1 nitrogen and oxygen atoms in total. The summed E-state index contributed by atoms with van der Waals surface area (Å²) in [6.07, 6.45) is 6.93. The Morgan fingerprint density at radius 2 is 1.62 bits per heavy atom. The normalized spacial score (nSPS) is 48.9. The van der Waals surface area contributed by atoms with Crippen molar-refractivity contribution in [1.29, 1.82) is 0 Å². The van der Waals surface area contributed by atoms with Crippen LogP contribution in [0.5, 0.6) is 0 Å². The van der Waals surface area contributed by atoms with E-state index in [4.69, 9.17) is 0 Å². The Balaban J connectivity index is 2.26. The lowest BCUT2D eigenvalue weighted by atomic mass is 9.54. The molecule has 1 N–H and O–H groups in total. The Morgan fingerprint density at radius 3 is 2.23 bits per heavy atom. The molecule has 2 aliphatic rings. The monoisotopic (exact) mass is 182 g/mol. The van der Waals surface area contributed by atoms with Crippen LogP contribution in [0.4, 0.5) is 0 Å². The molecule has 13 heavy (non-hydrogen) atoms. The summed E-state index contributed by atoms with van der Waals surface area (Å²) in [5.41, 5.74) is 0.450. The summed E-state index contributed by atoms with van der Waals surface area (Å²) in [6, 6.07) is 0. The summed E-state index contributed by atoms with van der Waals surface area (Å²) in [4.78, 5) is 0. The number of fused-ring (bicyclic) bond motifs is 2. The highest BCUT2D eigenvalue weighted by molar-refractivity contribution is 5.02. The van der Waals surface area contributed by atoms with Crippen molar-refractivity contribution in [2.24, 2.45) is 10.8 Å². The van der Waals surface area contributed by atoms with Gasteiger partial charge in [-0.3, -0.25) is 0 Å². The quantitative estimate of drug-likeness (QED) is 0.610. The van der Waals surface area contributed by atoms with Crippen LogP contribution < -0.4 is 0 Å². The lowest BCUT2D eigenvalue weighted by Gasteiger charge is -2.54. The molecule has 0 aromatic rings. The molecule has 2 unspecified atom stereocenters. The van der Waals surface area contributed by atoms with Crippen molar-refractivity contribution >= 4 is 0 Å². The van der Waals surface area contributed by atoms with Crippen molar-refractivity contribution in [1.82, 2.24) is 0 Å². The Bertz CT molecular complexity index is 193. The fraction of sp³-hybridized carbons (Fsp3) is 1.00. The molecule has 0 heterocycles. The molecular formula is C12H22O. The van der Waals surface area contributed by atoms with E-state index in [2.05, 4.69) is 20.8 Å². The fourth-order valence-corrected chi connectivity index (χ4v) is 4.23.